The van der Waals surface area contributed by atoms with Crippen molar-refractivity contribution in [2.75, 3.05) is 22.6 Å². The molecule has 5 amide bonds. The number of benzene rings is 12. The average Bonchev–Trinajstić information content (AvgIpc) is 0.785. The third kappa shape index (κ3) is 20.7. The van der Waals surface area contributed by atoms with Gasteiger partial charge in [0.05, 0.1) is 64.9 Å². The topological polar surface area (TPSA) is 557 Å². The second kappa shape index (κ2) is 41.9. The number of carboxylic acid groups (broad SMARTS) is 5. The number of amides is 5. The molecule has 47 heteroatoms. The van der Waals surface area contributed by atoms with E-state index in [4.69, 9.17) is 22.5 Å². The second-order valence-electron chi connectivity index (χ2n) is 30.7. The molecule has 2 saturated heterocycles. The van der Waals surface area contributed by atoms with Crippen LogP contribution < -0.4 is 27.0 Å². The molecule has 4 aliphatic carbocycles. The summed E-state index contributed by atoms with van der Waals surface area (Å²) in [4.78, 5) is 203. The molecule has 8 aromatic carbocycles. The van der Waals surface area contributed by atoms with E-state index in [9.17, 15) is 131 Å². The van der Waals surface area contributed by atoms with Gasteiger partial charge in [-0.05, 0) is 202 Å². The third-order valence-electron chi connectivity index (χ3n) is 21.6. The number of aromatic carboxylic acids is 5. The molecule has 728 valence electrons. The van der Waals surface area contributed by atoms with Crippen molar-refractivity contribution >= 4 is 231 Å². The molecular weight excluding hydrogens is 2230 g/mol. The lowest BCUT2D eigenvalue weighted by Crippen LogP contribution is -2.32. The van der Waals surface area contributed by atoms with Crippen molar-refractivity contribution < 1.29 is 153 Å². The number of carbonyl (C=O) groups is 12. The van der Waals surface area contributed by atoms with Crippen molar-refractivity contribution in [2.45, 2.75) is 37.0 Å². The Labute approximate surface area is 844 Å². The maximum atomic E-state index is 16.1. The van der Waals surface area contributed by atoms with Gasteiger partial charge in [-0.2, -0.15) is 16.8 Å². The molecule has 10 N–H and O–H groups in total. The maximum Gasteiger partial charge on any atom is 0.343 e. The van der Waals surface area contributed by atoms with E-state index < -0.39 is 161 Å². The van der Waals surface area contributed by atoms with Crippen LogP contribution in [-0.4, -0.2) is 150 Å². The highest BCUT2D eigenvalue weighted by molar-refractivity contribution is 9.11. The summed E-state index contributed by atoms with van der Waals surface area (Å²) in [7, 11) is 0. The summed E-state index contributed by atoms with van der Waals surface area (Å²) >= 11 is 18.9. The SMILES string of the molecule is O=C(CSCCC(=O)ON1C(=O)CCC1=O)Nc1ccc(-c2c3ccc(=O)cc-3oc3cc(O)ccc23)c(C(=O)O)c1.O=C(CSc1c(F)c(F)c(C(=O)O)c(-c2c3cc(F)c(=O)cc-3oc3cc(O)c(F)cc23)c1F)ON1C(=O)CCC1=O.O=C(O)c1cc(N=C=S)ccc1-c1c2cc(Br)c(=O)c(Br)c-2oc2c(Br)c(O)c(Br)cc12.O=C(O)c1ccc(-c2c3ccc(=O)cc-3oc3cc(O)ccc23)c(C(=O)O)c1. The highest BCUT2D eigenvalue weighted by atomic mass is 79.9. The molecule has 2 fully saturated rings. The molecule has 0 aromatic heterocycles. The van der Waals surface area contributed by atoms with Crippen LogP contribution in [-0.2, 0) is 43.2 Å². The highest BCUT2D eigenvalue weighted by Gasteiger charge is 2.39. The Kier molecular flexibility index (Phi) is 29.8. The Balaban J connectivity index is 0.000000146. The van der Waals surface area contributed by atoms with Crippen LogP contribution in [0, 0.1) is 29.1 Å². The Hall–Kier alpha value is -16.2. The maximum absolute atomic E-state index is 16.1. The molecular formula is C97H53Br4F5N4O31S3. The van der Waals surface area contributed by atoms with Gasteiger partial charge < -0.3 is 78.6 Å². The number of fused-ring (bicyclic) bond motifs is 8. The standard InChI is InChI=1S/C29H22N2O10S.C26H12F5NO9S.C21H7Br4NO5S.C21H12O7/c32-16-2-5-19-22(12-16)40-23-13-17(33)3-6-20(23)28(19)18-4-1-15(11-21(18)29(38)39)30-24(34)14-42-10-9-27(37)41-31-25(35)7-8-26(31)36;27-10-3-8-14(5-12(10)33)40-15-6-13(34)11(28)4-9(15)19(8)20-21(26(38)39)22(29)24(31)25(23(20)30)42-7-18(37)41-32-16(35)1-2-17(32)36;22-12-4-10-14(8-2-1-7(26-6-32)3-9(8)21(29)30)11-5-13(23)18(28)16(25)20(11)31-19(10)15(24)17(12)27;22-11-2-5-14-17(8-11)28-18-9-12(23)3-6-15(18)19(14)13-4-1-10(20(24)25)7-16(13)21(26)27/h1-6,11-13,32H,7-10,14H2,(H,30,34)(H,38,39);3-6,33H,1-2,7H2,(H,38,39);1-5,27H,(H,29,30);1-9,22H,(H,24,25)(H,26,27). The zero-order valence-corrected chi connectivity index (χ0v) is 80.5. The number of carbonyl (C=O) groups excluding carboxylic acids is 7. The van der Waals surface area contributed by atoms with E-state index in [1.807, 2.05) is 0 Å². The molecule has 8 aromatic rings. The summed E-state index contributed by atoms with van der Waals surface area (Å²) in [6.45, 7) is 0. The summed E-state index contributed by atoms with van der Waals surface area (Å²) in [5.41, 5.74) is -2.23. The van der Waals surface area contributed by atoms with E-state index in [2.05, 4.69) is 96.2 Å². The van der Waals surface area contributed by atoms with Gasteiger partial charge in [-0.3, -0.25) is 43.2 Å². The molecule has 0 unspecified atom stereocenters. The van der Waals surface area contributed by atoms with Gasteiger partial charge >= 0.3 is 41.8 Å². The van der Waals surface area contributed by atoms with Crippen molar-refractivity contribution in [3.05, 3.63) is 279 Å². The van der Waals surface area contributed by atoms with E-state index >= 15 is 13.2 Å². The summed E-state index contributed by atoms with van der Waals surface area (Å²) in [6.07, 6.45) is -0.638. The number of halogens is 9. The summed E-state index contributed by atoms with van der Waals surface area (Å²) in [5.74, 6) is -23.4. The van der Waals surface area contributed by atoms with Gasteiger partial charge in [0, 0.05) is 145 Å². The van der Waals surface area contributed by atoms with Crippen LogP contribution >= 0.6 is 99.5 Å². The van der Waals surface area contributed by atoms with Crippen LogP contribution in [0.4, 0.5) is 33.3 Å². The fraction of sp³-hybridized carbons (Fsp3) is 0.0825. The summed E-state index contributed by atoms with van der Waals surface area (Å²) in [5, 5.41) is 94.9. The first kappa shape index (κ1) is 102. The molecule has 0 radical (unpaired) electrons. The molecule has 144 heavy (non-hydrogen) atoms. The average molecular weight is 2280 g/mol. The van der Waals surface area contributed by atoms with E-state index in [-0.39, 0.29) is 175 Å². The number of thiocarbonyl (C=S) groups is 1. The minimum Gasteiger partial charge on any atom is -0.508 e. The quantitative estimate of drug-likeness (QED) is 0.00467. The zero-order valence-electron chi connectivity index (χ0n) is 71.7. The predicted molar refractivity (Wildman–Crippen MR) is 521 cm³/mol. The summed E-state index contributed by atoms with van der Waals surface area (Å²) in [6, 6.07) is 35.3. The van der Waals surface area contributed by atoms with E-state index in [0.29, 0.717) is 100 Å². The molecule has 10 aliphatic rings. The van der Waals surface area contributed by atoms with Crippen LogP contribution in [0.2, 0.25) is 0 Å². The van der Waals surface area contributed by atoms with Crippen molar-refractivity contribution in [2.24, 2.45) is 4.99 Å². The van der Waals surface area contributed by atoms with Crippen molar-refractivity contribution in [1.29, 1.82) is 0 Å². The van der Waals surface area contributed by atoms with Gasteiger partial charge in [-0.1, -0.05) is 18.2 Å². The second-order valence-corrected chi connectivity index (χ2v) is 36.2. The van der Waals surface area contributed by atoms with Crippen LogP contribution in [0.5, 0.6) is 23.0 Å². The number of thioether (sulfide) groups is 2. The normalized spacial score (nSPS) is 12.3. The first-order valence-corrected chi connectivity index (χ1v) is 46.6. The molecule has 0 atom stereocenters. The molecule has 0 bridgehead atoms. The molecule has 0 saturated carbocycles. The number of rotatable bonds is 21. The number of phenols is 4. The lowest BCUT2D eigenvalue weighted by molar-refractivity contribution is -0.197. The highest BCUT2D eigenvalue weighted by Crippen LogP contribution is 2.53. The van der Waals surface area contributed by atoms with Crippen molar-refractivity contribution in [1.82, 2.24) is 10.1 Å². The van der Waals surface area contributed by atoms with Gasteiger partial charge in [-0.15, -0.1) is 21.9 Å². The number of carboxylic acids is 5. The van der Waals surface area contributed by atoms with Gasteiger partial charge in [0.15, 0.2) is 51.2 Å². The molecule has 6 aliphatic heterocycles. The van der Waals surface area contributed by atoms with E-state index in [1.54, 1.807) is 36.4 Å². The molecule has 18 rings (SSSR count). The Morgan fingerprint density at radius 2 is 0.965 bits per heavy atom. The summed E-state index contributed by atoms with van der Waals surface area (Å²) < 4.78 is 99.3. The first-order valence-electron chi connectivity index (χ1n) is 40.9. The number of phenolic OH excluding ortho intramolecular Hbond substituents is 4. The monoisotopic (exact) mass is 2280 g/mol. The Morgan fingerprint density at radius 1 is 0.451 bits per heavy atom. The number of isothiocyanates is 1. The number of nitrogens with zero attached hydrogens (tertiary/aromatic N) is 3. The molecule has 0 spiro atoms. The largest absolute Gasteiger partial charge is 0.508 e. The van der Waals surface area contributed by atoms with Crippen LogP contribution in [0.3, 0.4) is 0 Å². The lowest BCUT2D eigenvalue weighted by atomic mass is 9.89. The Bertz CT molecular complexity index is 8470. The number of aromatic hydroxyl groups is 4. The number of hydrogen-bond donors (Lipinski definition) is 10. The van der Waals surface area contributed by atoms with Crippen LogP contribution in [0.25, 0.3) is 134 Å². The number of imide groups is 2. The zero-order chi connectivity index (χ0) is 104. The number of hydroxylamine groups is 4. The van der Waals surface area contributed by atoms with Crippen LogP contribution in [0.15, 0.2) is 228 Å². The fourth-order valence-corrected chi connectivity index (χ4v) is 19.3. The minimum absolute atomic E-state index is 0.00717. The van der Waals surface area contributed by atoms with Gasteiger partial charge in [0.25, 0.3) is 23.6 Å². The molecule has 6 heterocycles. The lowest BCUT2D eigenvalue weighted by Gasteiger charge is -2.20. The Morgan fingerprint density at radius 3 is 1.51 bits per heavy atom. The smallest absolute Gasteiger partial charge is 0.343 e. The van der Waals surface area contributed by atoms with Crippen LogP contribution in [0.1, 0.15) is 83.9 Å². The molecule has 35 nitrogen and oxygen atoms in total. The fourth-order valence-electron chi connectivity index (χ4n) is 15.3. The number of hydrogen-bond acceptors (Lipinski definition) is 30. The number of nitrogens with one attached hydrogen (secondary N) is 1. The van der Waals surface area contributed by atoms with Gasteiger partial charge in [0.1, 0.15) is 71.6 Å². The van der Waals surface area contributed by atoms with E-state index in [0.717, 1.165) is 17.8 Å². The number of aliphatic imine (C=N–C) groups is 1. The first-order chi connectivity index (χ1) is 68.4. The van der Waals surface area contributed by atoms with E-state index in [1.165, 1.54) is 97.1 Å². The third-order valence-corrected chi connectivity index (χ3v) is 26.4. The predicted octanol–water partition coefficient (Wildman–Crippen LogP) is 19.4. The minimum atomic E-state index is -2.20. The van der Waals surface area contributed by atoms with Gasteiger partial charge in [-0.25, -0.2) is 55.5 Å². The van der Waals surface area contributed by atoms with Crippen molar-refractivity contribution in [3.63, 3.8) is 0 Å². The number of anilines is 1. The van der Waals surface area contributed by atoms with Gasteiger partial charge in [0.2, 0.25) is 16.8 Å². The van der Waals surface area contributed by atoms with Crippen molar-refractivity contribution in [3.8, 4) is 113 Å².